The Labute approximate surface area is 177 Å². The van der Waals surface area contributed by atoms with E-state index in [-0.39, 0.29) is 11.3 Å². The Balaban J connectivity index is 1.49. The number of nitrogens with zero attached hydrogens (tertiary/aromatic N) is 2. The average Bonchev–Trinajstić information content (AvgIpc) is 3.41. The molecule has 0 aromatic heterocycles. The van der Waals surface area contributed by atoms with E-state index in [2.05, 4.69) is 36.9 Å². The van der Waals surface area contributed by atoms with Crippen molar-refractivity contribution in [1.82, 2.24) is 9.80 Å². The molecule has 148 valence electrons. The number of hydrogen-bond acceptors (Lipinski definition) is 3. The maximum absolute atomic E-state index is 13.3. The molecular weight excluding hydrogens is 388 g/mol. The van der Waals surface area contributed by atoms with Gasteiger partial charge in [-0.15, -0.1) is 11.8 Å². The van der Waals surface area contributed by atoms with Crippen molar-refractivity contribution in [1.29, 1.82) is 0 Å². The zero-order valence-electron chi connectivity index (χ0n) is 16.5. The quantitative estimate of drug-likeness (QED) is 0.649. The molecule has 1 saturated carbocycles. The summed E-state index contributed by atoms with van der Waals surface area (Å²) in [5.41, 5.74) is 4.96. The molecule has 2 aromatic rings. The number of halogens is 1. The Morgan fingerprint density at radius 1 is 1.21 bits per heavy atom. The normalized spacial score (nSPS) is 19.4. The van der Waals surface area contributed by atoms with Crippen LogP contribution >= 0.6 is 23.4 Å². The van der Waals surface area contributed by atoms with Crippen LogP contribution in [0.3, 0.4) is 0 Å². The third-order valence-electron chi connectivity index (χ3n) is 5.66. The first-order valence-corrected chi connectivity index (χ1v) is 11.4. The van der Waals surface area contributed by atoms with Gasteiger partial charge in [0.25, 0.3) is 0 Å². The van der Waals surface area contributed by atoms with Gasteiger partial charge >= 0.3 is 0 Å². The van der Waals surface area contributed by atoms with Gasteiger partial charge in [-0.25, -0.2) is 0 Å². The van der Waals surface area contributed by atoms with E-state index < -0.39 is 0 Å². The summed E-state index contributed by atoms with van der Waals surface area (Å²) in [5.74, 6) is 1.18. The lowest BCUT2D eigenvalue weighted by atomic mass is 10.1. The predicted molar refractivity (Wildman–Crippen MR) is 118 cm³/mol. The first-order chi connectivity index (χ1) is 13.5. The number of carbonyl (C=O) groups excluding carboxylic acids is 1. The second-order valence-corrected chi connectivity index (χ2v) is 9.49. The first-order valence-electron chi connectivity index (χ1n) is 9.98. The van der Waals surface area contributed by atoms with Crippen LogP contribution in [0.1, 0.15) is 40.5 Å². The standard InChI is InChI=1S/C23H27ClN2OS/c1-16-7-8-17(2)18(13-16)14-25(19-9-10-19)15-22(27)26-11-12-28-23(26)20-5-3-4-6-21(20)24/h3-8,13,19,23H,9-12,14-15H2,1-2H3. The lowest BCUT2D eigenvalue weighted by Gasteiger charge is -2.29. The fourth-order valence-electron chi connectivity index (χ4n) is 3.87. The molecule has 0 bridgehead atoms. The summed E-state index contributed by atoms with van der Waals surface area (Å²) in [7, 11) is 0. The van der Waals surface area contributed by atoms with Gasteiger partial charge in [0.15, 0.2) is 0 Å². The lowest BCUT2D eigenvalue weighted by Crippen LogP contribution is -2.40. The maximum Gasteiger partial charge on any atom is 0.237 e. The Morgan fingerprint density at radius 2 is 2.00 bits per heavy atom. The number of carbonyl (C=O) groups is 1. The van der Waals surface area contributed by atoms with Crippen LogP contribution in [0.25, 0.3) is 0 Å². The monoisotopic (exact) mass is 414 g/mol. The molecule has 3 nitrogen and oxygen atoms in total. The fourth-order valence-corrected chi connectivity index (χ4v) is 5.48. The fraction of sp³-hybridized carbons (Fsp3) is 0.435. The summed E-state index contributed by atoms with van der Waals surface area (Å²) in [6.45, 7) is 6.42. The molecule has 2 aliphatic rings. The van der Waals surface area contributed by atoms with Crippen LogP contribution in [0.4, 0.5) is 0 Å². The van der Waals surface area contributed by atoms with Gasteiger partial charge in [-0.1, -0.05) is 53.6 Å². The number of thioether (sulfide) groups is 1. The van der Waals surface area contributed by atoms with Crippen LogP contribution in [-0.2, 0) is 11.3 Å². The van der Waals surface area contributed by atoms with E-state index in [1.807, 2.05) is 40.9 Å². The van der Waals surface area contributed by atoms with E-state index in [0.717, 1.165) is 29.4 Å². The van der Waals surface area contributed by atoms with Crippen molar-refractivity contribution in [2.24, 2.45) is 0 Å². The molecule has 1 heterocycles. The minimum atomic E-state index is 0.0305. The topological polar surface area (TPSA) is 23.6 Å². The van der Waals surface area contributed by atoms with Gasteiger partial charge < -0.3 is 4.90 Å². The summed E-state index contributed by atoms with van der Waals surface area (Å²) >= 11 is 8.23. The van der Waals surface area contributed by atoms with E-state index in [4.69, 9.17) is 11.6 Å². The highest BCUT2D eigenvalue weighted by Crippen LogP contribution is 2.41. The Hall–Kier alpha value is -1.49. The molecule has 0 spiro atoms. The number of rotatable bonds is 6. The Kier molecular flexibility index (Phi) is 6.00. The molecule has 2 fully saturated rings. The lowest BCUT2D eigenvalue weighted by molar-refractivity contribution is -0.132. The summed E-state index contributed by atoms with van der Waals surface area (Å²) in [5, 5.41) is 0.775. The summed E-state index contributed by atoms with van der Waals surface area (Å²) in [4.78, 5) is 17.6. The highest BCUT2D eigenvalue weighted by molar-refractivity contribution is 7.99. The molecule has 5 heteroatoms. The zero-order valence-corrected chi connectivity index (χ0v) is 18.1. The molecule has 1 saturated heterocycles. The van der Waals surface area contributed by atoms with Gasteiger partial charge in [-0.05, 0) is 43.9 Å². The molecule has 1 aliphatic heterocycles. The molecule has 28 heavy (non-hydrogen) atoms. The number of benzene rings is 2. The van der Waals surface area contributed by atoms with Crippen molar-refractivity contribution < 1.29 is 4.79 Å². The van der Waals surface area contributed by atoms with Crippen LogP contribution in [0.15, 0.2) is 42.5 Å². The van der Waals surface area contributed by atoms with Crippen molar-refractivity contribution in [2.75, 3.05) is 18.8 Å². The minimum Gasteiger partial charge on any atom is -0.325 e. The van der Waals surface area contributed by atoms with E-state index in [1.54, 1.807) is 0 Å². The SMILES string of the molecule is Cc1ccc(C)c(CN(CC(=O)N2CCSC2c2ccccc2Cl)C2CC2)c1. The van der Waals surface area contributed by atoms with E-state index in [9.17, 15) is 4.79 Å². The highest BCUT2D eigenvalue weighted by Gasteiger charge is 2.36. The number of amides is 1. The molecule has 2 aromatic carbocycles. The molecular formula is C23H27ClN2OS. The van der Waals surface area contributed by atoms with Crippen molar-refractivity contribution in [3.63, 3.8) is 0 Å². The van der Waals surface area contributed by atoms with Crippen molar-refractivity contribution in [3.05, 3.63) is 69.7 Å². The van der Waals surface area contributed by atoms with E-state index >= 15 is 0 Å². The van der Waals surface area contributed by atoms with Crippen LogP contribution in [-0.4, -0.2) is 40.6 Å². The number of hydrogen-bond donors (Lipinski definition) is 0. The van der Waals surface area contributed by atoms with Gasteiger partial charge in [0.2, 0.25) is 5.91 Å². The molecule has 0 N–H and O–H groups in total. The smallest absolute Gasteiger partial charge is 0.237 e. The van der Waals surface area contributed by atoms with Crippen LogP contribution in [0.5, 0.6) is 0 Å². The summed E-state index contributed by atoms with van der Waals surface area (Å²) in [6.07, 6.45) is 2.39. The second kappa shape index (κ2) is 8.48. The molecule has 0 radical (unpaired) electrons. The maximum atomic E-state index is 13.3. The zero-order chi connectivity index (χ0) is 19.7. The predicted octanol–water partition coefficient (Wildman–Crippen LogP) is 5.20. The minimum absolute atomic E-state index is 0.0305. The molecule has 1 aliphatic carbocycles. The molecule has 4 rings (SSSR count). The van der Waals surface area contributed by atoms with Crippen LogP contribution in [0, 0.1) is 13.8 Å². The molecule has 1 atom stereocenters. The third-order valence-corrected chi connectivity index (χ3v) is 7.25. The second-order valence-electron chi connectivity index (χ2n) is 7.90. The van der Waals surface area contributed by atoms with Gasteiger partial charge in [0.1, 0.15) is 5.37 Å². The van der Waals surface area contributed by atoms with Crippen molar-refractivity contribution >= 4 is 29.3 Å². The highest BCUT2D eigenvalue weighted by atomic mass is 35.5. The van der Waals surface area contributed by atoms with Gasteiger partial charge in [-0.3, -0.25) is 9.69 Å². The van der Waals surface area contributed by atoms with Crippen molar-refractivity contribution in [2.45, 2.75) is 44.6 Å². The van der Waals surface area contributed by atoms with Crippen LogP contribution < -0.4 is 0 Å². The Morgan fingerprint density at radius 3 is 2.75 bits per heavy atom. The van der Waals surface area contributed by atoms with Crippen molar-refractivity contribution in [3.8, 4) is 0 Å². The number of aryl methyl sites for hydroxylation is 2. The average molecular weight is 415 g/mol. The van der Waals surface area contributed by atoms with Gasteiger partial charge in [-0.2, -0.15) is 0 Å². The summed E-state index contributed by atoms with van der Waals surface area (Å²) in [6, 6.07) is 15.0. The molecule has 1 amide bonds. The summed E-state index contributed by atoms with van der Waals surface area (Å²) < 4.78 is 0. The van der Waals surface area contributed by atoms with Crippen LogP contribution in [0.2, 0.25) is 5.02 Å². The third kappa shape index (κ3) is 4.40. The van der Waals surface area contributed by atoms with Gasteiger partial charge in [0, 0.05) is 35.5 Å². The first kappa shape index (κ1) is 19.8. The van der Waals surface area contributed by atoms with E-state index in [0.29, 0.717) is 12.6 Å². The van der Waals surface area contributed by atoms with E-state index in [1.165, 1.54) is 29.5 Å². The largest absolute Gasteiger partial charge is 0.325 e. The Bertz CT molecular complexity index is 867. The van der Waals surface area contributed by atoms with Gasteiger partial charge in [0.05, 0.1) is 6.54 Å². The molecule has 1 unspecified atom stereocenters.